The predicted molar refractivity (Wildman–Crippen MR) is 82.0 cm³/mol. The Hall–Kier alpha value is -1.42. The van der Waals surface area contributed by atoms with Gasteiger partial charge in [-0.05, 0) is 19.9 Å². The maximum absolute atomic E-state index is 6.13. The highest BCUT2D eigenvalue weighted by Crippen LogP contribution is 2.29. The molecule has 0 aliphatic heterocycles. The Bertz CT molecular complexity index is 373. The van der Waals surface area contributed by atoms with Crippen molar-refractivity contribution >= 4 is 0 Å². The van der Waals surface area contributed by atoms with Gasteiger partial charge in [0.2, 0.25) is 0 Å². The smallest absolute Gasteiger partial charge is 0.127 e. The fourth-order valence-corrected chi connectivity index (χ4v) is 2.30. The normalized spacial score (nSPS) is 13.7. The molecule has 1 rings (SSSR count). The minimum absolute atomic E-state index is 0.136. The van der Waals surface area contributed by atoms with Gasteiger partial charge in [0.05, 0.1) is 14.2 Å². The summed E-state index contributed by atoms with van der Waals surface area (Å²) in [6.45, 7) is 4.33. The van der Waals surface area contributed by atoms with Gasteiger partial charge >= 0.3 is 0 Å². The van der Waals surface area contributed by atoms with Gasteiger partial charge in [0.15, 0.2) is 0 Å². The maximum Gasteiger partial charge on any atom is 0.127 e. The number of hydrogen-bond donors (Lipinski definition) is 1. The van der Waals surface area contributed by atoms with Gasteiger partial charge in [-0.25, -0.2) is 0 Å². The molecule has 0 bridgehead atoms. The van der Waals surface area contributed by atoms with Crippen LogP contribution in [0.2, 0.25) is 0 Å². The van der Waals surface area contributed by atoms with Crippen LogP contribution in [-0.2, 0) is 0 Å². The van der Waals surface area contributed by atoms with Crippen molar-refractivity contribution in [3.8, 4) is 17.2 Å². The van der Waals surface area contributed by atoms with E-state index in [9.17, 15) is 0 Å². The molecule has 0 spiro atoms. The molecule has 4 nitrogen and oxygen atoms in total. The lowest BCUT2D eigenvalue weighted by molar-refractivity contribution is 0.146. The van der Waals surface area contributed by atoms with Crippen molar-refractivity contribution in [1.29, 1.82) is 0 Å². The van der Waals surface area contributed by atoms with Gasteiger partial charge in [0.1, 0.15) is 23.4 Å². The van der Waals surface area contributed by atoms with Gasteiger partial charge in [0, 0.05) is 24.2 Å². The Balaban J connectivity index is 2.87. The third-order valence-corrected chi connectivity index (χ3v) is 3.43. The highest BCUT2D eigenvalue weighted by atomic mass is 16.5. The quantitative estimate of drug-likeness (QED) is 0.754. The summed E-state index contributed by atoms with van der Waals surface area (Å²) in [4.78, 5) is 0. The second-order valence-electron chi connectivity index (χ2n) is 4.80. The van der Waals surface area contributed by atoms with Crippen LogP contribution in [0.1, 0.15) is 33.1 Å². The van der Waals surface area contributed by atoms with E-state index >= 15 is 0 Å². The van der Waals surface area contributed by atoms with Crippen LogP contribution in [0, 0.1) is 0 Å². The van der Waals surface area contributed by atoms with Crippen LogP contribution in [-0.4, -0.2) is 33.4 Å². The number of hydrogen-bond acceptors (Lipinski definition) is 4. The molecule has 4 heteroatoms. The zero-order chi connectivity index (χ0) is 15.0. The van der Waals surface area contributed by atoms with Crippen molar-refractivity contribution in [2.45, 2.75) is 45.3 Å². The van der Waals surface area contributed by atoms with Crippen molar-refractivity contribution in [3.63, 3.8) is 0 Å². The summed E-state index contributed by atoms with van der Waals surface area (Å²) < 4.78 is 16.7. The van der Waals surface area contributed by atoms with Crippen LogP contribution in [0.5, 0.6) is 17.2 Å². The molecule has 0 fully saturated rings. The summed E-state index contributed by atoms with van der Waals surface area (Å²) in [6.07, 6.45) is 3.31. The summed E-state index contributed by atoms with van der Waals surface area (Å²) in [5, 5.41) is 3.34. The molecule has 0 radical (unpaired) electrons. The summed E-state index contributed by atoms with van der Waals surface area (Å²) in [5.41, 5.74) is 0. The Morgan fingerprint density at radius 3 is 1.95 bits per heavy atom. The summed E-state index contributed by atoms with van der Waals surface area (Å²) in [6, 6.07) is 5.98. The van der Waals surface area contributed by atoms with Crippen LogP contribution < -0.4 is 19.5 Å². The lowest BCUT2D eigenvalue weighted by Gasteiger charge is -2.27. The van der Waals surface area contributed by atoms with Crippen molar-refractivity contribution in [2.24, 2.45) is 0 Å². The summed E-state index contributed by atoms with van der Waals surface area (Å²) >= 11 is 0. The first-order chi connectivity index (χ1) is 9.68. The molecule has 0 aliphatic carbocycles. The van der Waals surface area contributed by atoms with E-state index in [4.69, 9.17) is 14.2 Å². The van der Waals surface area contributed by atoms with E-state index in [1.165, 1.54) is 0 Å². The van der Waals surface area contributed by atoms with E-state index in [1.807, 2.05) is 25.2 Å². The molecule has 0 heterocycles. The van der Waals surface area contributed by atoms with Gasteiger partial charge in [-0.3, -0.25) is 0 Å². The second kappa shape index (κ2) is 8.69. The Kier molecular flexibility index (Phi) is 7.23. The van der Waals surface area contributed by atoms with E-state index < -0.39 is 0 Å². The lowest BCUT2D eigenvalue weighted by atomic mass is 10.0. The largest absolute Gasteiger partial charge is 0.496 e. The van der Waals surface area contributed by atoms with Crippen LogP contribution in [0.15, 0.2) is 18.2 Å². The molecule has 1 aromatic rings. The average molecular weight is 281 g/mol. The highest BCUT2D eigenvalue weighted by Gasteiger charge is 2.19. The van der Waals surface area contributed by atoms with Crippen LogP contribution in [0.25, 0.3) is 0 Å². The molecular weight excluding hydrogens is 254 g/mol. The van der Waals surface area contributed by atoms with Crippen LogP contribution in [0.4, 0.5) is 0 Å². The van der Waals surface area contributed by atoms with E-state index in [0.717, 1.165) is 36.5 Å². The Labute approximate surface area is 122 Å². The molecule has 0 aliphatic rings. The standard InChI is InChI=1S/C16H27NO3/c1-6-8-15(17-3)16(7-2)20-14-10-12(18-4)9-13(11-14)19-5/h9-11,15-17H,6-8H2,1-5H3. The Morgan fingerprint density at radius 2 is 1.55 bits per heavy atom. The molecule has 2 unspecified atom stereocenters. The van der Waals surface area contributed by atoms with Gasteiger partial charge in [-0.2, -0.15) is 0 Å². The SMILES string of the molecule is CCCC(NC)C(CC)Oc1cc(OC)cc(OC)c1. The van der Waals surface area contributed by atoms with Crippen LogP contribution in [0.3, 0.4) is 0 Å². The zero-order valence-corrected chi connectivity index (χ0v) is 13.2. The maximum atomic E-state index is 6.13. The van der Waals surface area contributed by atoms with E-state index in [2.05, 4.69) is 19.2 Å². The van der Waals surface area contributed by atoms with E-state index in [-0.39, 0.29) is 6.10 Å². The van der Waals surface area contributed by atoms with Gasteiger partial charge in [-0.1, -0.05) is 20.3 Å². The summed E-state index contributed by atoms with van der Waals surface area (Å²) in [7, 11) is 5.27. The first kappa shape index (κ1) is 16.6. The van der Waals surface area contributed by atoms with Gasteiger partial charge in [0.25, 0.3) is 0 Å². The topological polar surface area (TPSA) is 39.7 Å². The predicted octanol–water partition coefficient (Wildman–Crippen LogP) is 3.25. The number of likely N-dealkylation sites (N-methyl/N-ethyl adjacent to an activating group) is 1. The van der Waals surface area contributed by atoms with Crippen molar-refractivity contribution in [3.05, 3.63) is 18.2 Å². The second-order valence-corrected chi connectivity index (χ2v) is 4.80. The molecular formula is C16H27NO3. The molecule has 1 N–H and O–H groups in total. The molecule has 0 saturated carbocycles. The van der Waals surface area contributed by atoms with E-state index in [0.29, 0.717) is 6.04 Å². The molecule has 0 aromatic heterocycles. The van der Waals surface area contributed by atoms with Crippen molar-refractivity contribution in [1.82, 2.24) is 5.32 Å². The van der Waals surface area contributed by atoms with Crippen molar-refractivity contribution < 1.29 is 14.2 Å². The summed E-state index contributed by atoms with van der Waals surface area (Å²) in [5.74, 6) is 2.26. The van der Waals surface area contributed by atoms with Crippen LogP contribution >= 0.6 is 0 Å². The molecule has 1 aromatic carbocycles. The number of benzene rings is 1. The lowest BCUT2D eigenvalue weighted by Crippen LogP contribution is -2.40. The third kappa shape index (κ3) is 4.60. The first-order valence-corrected chi connectivity index (χ1v) is 7.25. The molecule has 0 saturated heterocycles. The monoisotopic (exact) mass is 281 g/mol. The highest BCUT2D eigenvalue weighted by molar-refractivity contribution is 5.42. The number of methoxy groups -OCH3 is 2. The number of nitrogens with one attached hydrogen (secondary N) is 1. The molecule has 2 atom stereocenters. The number of ether oxygens (including phenoxy) is 3. The fourth-order valence-electron chi connectivity index (χ4n) is 2.30. The van der Waals surface area contributed by atoms with Gasteiger partial charge in [-0.15, -0.1) is 0 Å². The van der Waals surface area contributed by atoms with E-state index in [1.54, 1.807) is 14.2 Å². The molecule has 114 valence electrons. The fraction of sp³-hybridized carbons (Fsp3) is 0.625. The third-order valence-electron chi connectivity index (χ3n) is 3.43. The van der Waals surface area contributed by atoms with Gasteiger partial charge < -0.3 is 19.5 Å². The Morgan fingerprint density at radius 1 is 1.00 bits per heavy atom. The van der Waals surface area contributed by atoms with Crippen molar-refractivity contribution in [2.75, 3.05) is 21.3 Å². The molecule has 20 heavy (non-hydrogen) atoms. The minimum Gasteiger partial charge on any atom is -0.496 e. The first-order valence-electron chi connectivity index (χ1n) is 7.25. The minimum atomic E-state index is 0.136. The number of rotatable bonds is 9. The molecule has 0 amide bonds. The zero-order valence-electron chi connectivity index (χ0n) is 13.2. The average Bonchev–Trinajstić information content (AvgIpc) is 2.50.